The van der Waals surface area contributed by atoms with Crippen LogP contribution in [0, 0.1) is 0 Å². The van der Waals surface area contributed by atoms with E-state index in [2.05, 4.69) is 50.0 Å². The van der Waals surface area contributed by atoms with Crippen LogP contribution < -0.4 is 10.2 Å². The summed E-state index contributed by atoms with van der Waals surface area (Å²) in [6.45, 7) is 5.92. The monoisotopic (exact) mass is 632 g/mol. The van der Waals surface area contributed by atoms with E-state index in [1.807, 2.05) is 12.1 Å². The summed E-state index contributed by atoms with van der Waals surface area (Å²) in [6, 6.07) is 8.38. The highest BCUT2D eigenvalue weighted by atomic mass is 32.2. The van der Waals surface area contributed by atoms with Crippen LogP contribution in [0.3, 0.4) is 0 Å². The fourth-order valence-electron chi connectivity index (χ4n) is 6.10. The maximum atomic E-state index is 14.2. The first-order chi connectivity index (χ1) is 20.5. The fraction of sp³-hybridized carbons (Fsp3) is 0.533. The predicted octanol–water partition coefficient (Wildman–Crippen LogP) is 5.74. The van der Waals surface area contributed by atoms with E-state index in [4.69, 9.17) is 0 Å². The number of fused-ring (bicyclic) bond motifs is 1. The van der Waals surface area contributed by atoms with Crippen LogP contribution in [0.25, 0.3) is 10.6 Å². The molecule has 4 aliphatic rings. The van der Waals surface area contributed by atoms with E-state index in [1.54, 1.807) is 0 Å². The summed E-state index contributed by atoms with van der Waals surface area (Å²) >= 11 is 1.09. The van der Waals surface area contributed by atoms with Crippen molar-refractivity contribution in [1.29, 1.82) is 0 Å². The van der Waals surface area contributed by atoms with E-state index in [-0.39, 0.29) is 27.2 Å². The summed E-state index contributed by atoms with van der Waals surface area (Å²) < 4.78 is 68.8. The molecule has 2 aliphatic carbocycles. The van der Waals surface area contributed by atoms with Crippen molar-refractivity contribution in [3.05, 3.63) is 46.5 Å². The molecule has 8 nitrogen and oxygen atoms in total. The van der Waals surface area contributed by atoms with Crippen molar-refractivity contribution in [3.8, 4) is 10.6 Å². The van der Waals surface area contributed by atoms with Gasteiger partial charge in [0.05, 0.1) is 21.2 Å². The Bertz CT molecular complexity index is 1650. The number of hydrogen-bond acceptors (Lipinski definition) is 9. The molecule has 3 aromatic rings. The number of piperazine rings is 1. The summed E-state index contributed by atoms with van der Waals surface area (Å²) in [5, 5.41) is 3.21. The second-order valence-corrected chi connectivity index (χ2v) is 15.5. The normalized spacial score (nSPS) is 23.2. The van der Waals surface area contributed by atoms with Crippen LogP contribution in [0.1, 0.15) is 54.5 Å². The van der Waals surface area contributed by atoms with Gasteiger partial charge in [0.1, 0.15) is 5.56 Å². The van der Waals surface area contributed by atoms with Gasteiger partial charge in [-0.1, -0.05) is 0 Å². The molecule has 0 radical (unpaired) electrons. The number of likely N-dealkylation sites (N-methyl/N-ethyl adjacent to an activating group) is 1. The summed E-state index contributed by atoms with van der Waals surface area (Å²) in [5.41, 5.74) is 1.76. The second-order valence-electron chi connectivity index (χ2n) is 12.3. The molecule has 1 atom stereocenters. The Morgan fingerprint density at radius 3 is 2.56 bits per heavy atom. The molecule has 2 aliphatic heterocycles. The van der Waals surface area contributed by atoms with Crippen LogP contribution in [0.5, 0.6) is 0 Å². The smallest absolute Gasteiger partial charge is 0.369 e. The van der Waals surface area contributed by atoms with Gasteiger partial charge in [-0.3, -0.25) is 4.90 Å². The minimum absolute atomic E-state index is 0.0393. The van der Waals surface area contributed by atoms with E-state index in [9.17, 15) is 21.6 Å². The van der Waals surface area contributed by atoms with Crippen molar-refractivity contribution in [2.75, 3.05) is 49.2 Å². The lowest BCUT2D eigenvalue weighted by atomic mass is 10.1. The standard InChI is InChI=1S/C30H35F3N6O2S2/c1-18-16-38(10-9-37(18)2)21-7-8-24(22(13-21)19-3-4-19)35-29-34-15-23(30(31,32)33)28(36-29)25-14-27-26(42-25)17-39(20-5-6-20)11-12-43(27,40)41/h7-8,13-15,18-20H,3-6,9-12,16-17H2,1-2H3,(H,34,35,36)/t18-/m1/s1. The maximum Gasteiger partial charge on any atom is 0.420 e. The zero-order valence-corrected chi connectivity index (χ0v) is 25.8. The highest BCUT2D eigenvalue weighted by molar-refractivity contribution is 7.91. The minimum Gasteiger partial charge on any atom is -0.369 e. The molecule has 0 spiro atoms. The molecule has 1 saturated heterocycles. The molecule has 13 heteroatoms. The largest absolute Gasteiger partial charge is 0.420 e. The number of halogens is 3. The summed E-state index contributed by atoms with van der Waals surface area (Å²) in [4.78, 5) is 16.2. The molecule has 1 aromatic carbocycles. The number of sulfone groups is 1. The first kappa shape index (κ1) is 29.0. The number of benzene rings is 1. The molecule has 2 aromatic heterocycles. The van der Waals surface area contributed by atoms with Gasteiger partial charge in [0.2, 0.25) is 5.95 Å². The van der Waals surface area contributed by atoms with Crippen molar-refractivity contribution in [2.45, 2.75) is 68.2 Å². The Hall–Kier alpha value is -2.74. The third kappa shape index (κ3) is 5.88. The lowest BCUT2D eigenvalue weighted by Gasteiger charge is -2.39. The van der Waals surface area contributed by atoms with Crippen molar-refractivity contribution in [1.82, 2.24) is 19.8 Å². The molecular weight excluding hydrogens is 597 g/mol. The summed E-state index contributed by atoms with van der Waals surface area (Å²) in [6.07, 6.45) is 0.259. The van der Waals surface area contributed by atoms with Gasteiger partial charge < -0.3 is 15.1 Å². The number of hydrogen-bond donors (Lipinski definition) is 1. The molecule has 0 bridgehead atoms. The quantitative estimate of drug-likeness (QED) is 0.369. The van der Waals surface area contributed by atoms with Crippen LogP contribution >= 0.6 is 11.3 Å². The van der Waals surface area contributed by atoms with Crippen molar-refractivity contribution in [3.63, 3.8) is 0 Å². The molecule has 7 rings (SSSR count). The first-order valence-corrected chi connectivity index (χ1v) is 17.3. The predicted molar refractivity (Wildman–Crippen MR) is 162 cm³/mol. The van der Waals surface area contributed by atoms with Crippen LogP contribution in [-0.2, 0) is 22.6 Å². The van der Waals surface area contributed by atoms with Gasteiger partial charge in [-0.15, -0.1) is 11.3 Å². The Morgan fingerprint density at radius 1 is 1.07 bits per heavy atom. The molecular formula is C30H35F3N6O2S2. The maximum absolute atomic E-state index is 14.2. The molecule has 0 amide bonds. The lowest BCUT2D eigenvalue weighted by molar-refractivity contribution is -0.137. The average Bonchev–Trinajstić information content (AvgIpc) is 3.89. The van der Waals surface area contributed by atoms with Crippen LogP contribution in [-0.4, -0.2) is 79.2 Å². The number of thiophene rings is 1. The van der Waals surface area contributed by atoms with E-state index in [1.165, 1.54) is 6.07 Å². The molecule has 0 unspecified atom stereocenters. The van der Waals surface area contributed by atoms with Crippen LogP contribution in [0.15, 0.2) is 35.4 Å². The zero-order chi connectivity index (χ0) is 30.1. The number of nitrogens with one attached hydrogen (secondary N) is 1. The summed E-state index contributed by atoms with van der Waals surface area (Å²) in [7, 11) is -1.48. The van der Waals surface area contributed by atoms with Crippen LogP contribution in [0.4, 0.5) is 30.5 Å². The van der Waals surface area contributed by atoms with E-state index < -0.39 is 21.6 Å². The third-order valence-corrected chi connectivity index (χ3v) is 12.1. The van der Waals surface area contributed by atoms with E-state index in [0.717, 1.165) is 79.8 Å². The Morgan fingerprint density at radius 2 is 1.86 bits per heavy atom. The van der Waals surface area contributed by atoms with Gasteiger partial charge in [-0.05, 0) is 75.4 Å². The molecule has 3 fully saturated rings. The first-order valence-electron chi connectivity index (χ1n) is 14.9. The fourth-order valence-corrected chi connectivity index (χ4v) is 9.17. The number of alkyl halides is 3. The highest BCUT2D eigenvalue weighted by Gasteiger charge is 2.39. The van der Waals surface area contributed by atoms with Crippen LogP contribution in [0.2, 0.25) is 0 Å². The second kappa shape index (κ2) is 10.7. The summed E-state index contributed by atoms with van der Waals surface area (Å²) in [5.74, 6) is 0.397. The number of anilines is 3. The van der Waals surface area contributed by atoms with Gasteiger partial charge in [0.15, 0.2) is 9.84 Å². The lowest BCUT2D eigenvalue weighted by Crippen LogP contribution is -2.50. The third-order valence-electron chi connectivity index (χ3n) is 9.11. The topological polar surface area (TPSA) is 81.7 Å². The Balaban J connectivity index is 1.23. The van der Waals surface area contributed by atoms with Crippen molar-refractivity contribution < 1.29 is 21.6 Å². The van der Waals surface area contributed by atoms with Crippen molar-refractivity contribution >= 4 is 38.5 Å². The Kier molecular flexibility index (Phi) is 7.22. The minimum atomic E-state index is -4.70. The SMILES string of the molecule is C[C@@H]1CN(c2ccc(Nc3ncc(C(F)(F)F)c(-c4cc5c(s4)CN(C4CC4)CCS5(=O)=O)n3)c(C3CC3)c2)CCN1C. The van der Waals surface area contributed by atoms with E-state index >= 15 is 0 Å². The number of aromatic nitrogens is 2. The molecule has 4 heterocycles. The molecule has 2 saturated carbocycles. The Labute approximate surface area is 253 Å². The highest BCUT2D eigenvalue weighted by Crippen LogP contribution is 2.46. The van der Waals surface area contributed by atoms with Gasteiger partial charge >= 0.3 is 6.18 Å². The van der Waals surface area contributed by atoms with Gasteiger partial charge in [0.25, 0.3) is 0 Å². The van der Waals surface area contributed by atoms with Gasteiger partial charge in [0, 0.05) is 67.3 Å². The van der Waals surface area contributed by atoms with E-state index in [0.29, 0.717) is 36.0 Å². The number of nitrogens with zero attached hydrogens (tertiary/aromatic N) is 5. The molecule has 1 N–H and O–H groups in total. The van der Waals surface area contributed by atoms with Crippen molar-refractivity contribution in [2.24, 2.45) is 0 Å². The molecule has 43 heavy (non-hydrogen) atoms. The average molecular weight is 633 g/mol. The number of rotatable bonds is 6. The zero-order valence-electron chi connectivity index (χ0n) is 24.2. The van der Waals surface area contributed by atoms with Gasteiger partial charge in [-0.2, -0.15) is 13.2 Å². The molecule has 230 valence electrons. The van der Waals surface area contributed by atoms with Gasteiger partial charge in [-0.25, -0.2) is 18.4 Å².